The zero-order valence-corrected chi connectivity index (χ0v) is 6.49. The van der Waals surface area contributed by atoms with Crippen LogP contribution in [0.3, 0.4) is 0 Å². The lowest BCUT2D eigenvalue weighted by molar-refractivity contribution is 0.936. The molecular weight excluding hydrogens is 136 g/mol. The minimum Gasteiger partial charge on any atom is -0.241 e. The van der Waals surface area contributed by atoms with E-state index in [0.29, 0.717) is 0 Å². The number of hydrogen-bond donors (Lipinski definition) is 0. The lowest BCUT2D eigenvalue weighted by Crippen LogP contribution is -1.88. The van der Waals surface area contributed by atoms with Crippen LogP contribution in [0.25, 0.3) is 5.52 Å². The molecule has 0 spiro atoms. The van der Waals surface area contributed by atoms with Gasteiger partial charge in [-0.3, -0.25) is 0 Å². The van der Waals surface area contributed by atoms with E-state index in [1.165, 1.54) is 5.56 Å². The van der Waals surface area contributed by atoms with E-state index >= 15 is 0 Å². The van der Waals surface area contributed by atoms with Gasteiger partial charge in [0.1, 0.15) is 0 Å². The zero-order valence-electron chi connectivity index (χ0n) is 6.49. The average molecular weight is 146 g/mol. The van der Waals surface area contributed by atoms with Crippen molar-refractivity contribution in [1.82, 2.24) is 9.61 Å². The first kappa shape index (κ1) is 6.40. The van der Waals surface area contributed by atoms with Gasteiger partial charge in [-0.15, -0.1) is 0 Å². The Balaban J connectivity index is 2.67. The first-order chi connectivity index (χ1) is 5.40. The molecule has 0 N–H and O–H groups in total. The molecule has 0 aliphatic carbocycles. The van der Waals surface area contributed by atoms with E-state index in [1.807, 2.05) is 16.8 Å². The maximum absolute atomic E-state index is 4.14. The highest BCUT2D eigenvalue weighted by Crippen LogP contribution is 2.05. The molecule has 2 aromatic rings. The van der Waals surface area contributed by atoms with E-state index in [4.69, 9.17) is 0 Å². The fourth-order valence-corrected chi connectivity index (χ4v) is 1.17. The maximum Gasteiger partial charge on any atom is 0.0661 e. The Labute approximate surface area is 65.5 Å². The van der Waals surface area contributed by atoms with Crippen molar-refractivity contribution in [2.24, 2.45) is 0 Å². The number of aryl methyl sites for hydroxylation is 1. The molecule has 11 heavy (non-hydrogen) atoms. The molecule has 0 radical (unpaired) electrons. The number of rotatable bonds is 1. The van der Waals surface area contributed by atoms with E-state index < -0.39 is 0 Å². The molecular formula is C9H10N2. The van der Waals surface area contributed by atoms with Gasteiger partial charge in [-0.1, -0.05) is 13.0 Å². The quantitative estimate of drug-likeness (QED) is 0.600. The van der Waals surface area contributed by atoms with Crippen LogP contribution in [0, 0.1) is 0 Å². The van der Waals surface area contributed by atoms with Crippen LogP contribution in [-0.4, -0.2) is 9.61 Å². The number of aromatic nitrogens is 2. The second-order valence-electron chi connectivity index (χ2n) is 2.59. The summed E-state index contributed by atoms with van der Waals surface area (Å²) in [4.78, 5) is 0. The molecule has 0 amide bonds. The van der Waals surface area contributed by atoms with Crippen molar-refractivity contribution in [3.63, 3.8) is 0 Å². The molecule has 2 nitrogen and oxygen atoms in total. The van der Waals surface area contributed by atoms with Crippen LogP contribution in [0.5, 0.6) is 0 Å². The van der Waals surface area contributed by atoms with Crippen molar-refractivity contribution in [3.05, 3.63) is 36.2 Å². The Morgan fingerprint density at radius 1 is 1.36 bits per heavy atom. The first-order valence-corrected chi connectivity index (χ1v) is 3.82. The Morgan fingerprint density at radius 3 is 3.09 bits per heavy atom. The summed E-state index contributed by atoms with van der Waals surface area (Å²) in [6.45, 7) is 2.14. The highest BCUT2D eigenvalue weighted by molar-refractivity contribution is 5.45. The molecule has 0 unspecified atom stereocenters. The summed E-state index contributed by atoms with van der Waals surface area (Å²) in [6, 6.07) is 6.22. The van der Waals surface area contributed by atoms with Crippen LogP contribution in [0.4, 0.5) is 0 Å². The van der Waals surface area contributed by atoms with Crippen LogP contribution in [0.15, 0.2) is 30.6 Å². The van der Waals surface area contributed by atoms with E-state index in [9.17, 15) is 0 Å². The first-order valence-electron chi connectivity index (χ1n) is 3.82. The Hall–Kier alpha value is -1.31. The van der Waals surface area contributed by atoms with Crippen LogP contribution in [0.2, 0.25) is 0 Å². The predicted molar refractivity (Wildman–Crippen MR) is 44.6 cm³/mol. The summed E-state index contributed by atoms with van der Waals surface area (Å²) in [7, 11) is 0. The monoisotopic (exact) mass is 146 g/mol. The minimum atomic E-state index is 1.07. The Kier molecular flexibility index (Phi) is 1.39. The Bertz CT molecular complexity index is 362. The predicted octanol–water partition coefficient (Wildman–Crippen LogP) is 1.90. The summed E-state index contributed by atoms with van der Waals surface area (Å²) < 4.78 is 1.90. The van der Waals surface area contributed by atoms with Crippen molar-refractivity contribution in [1.29, 1.82) is 0 Å². The number of nitrogens with zero attached hydrogens (tertiary/aromatic N) is 2. The molecule has 0 saturated heterocycles. The Morgan fingerprint density at radius 2 is 2.27 bits per heavy atom. The van der Waals surface area contributed by atoms with Gasteiger partial charge in [0.05, 0.1) is 5.52 Å². The molecule has 0 bridgehead atoms. The lowest BCUT2D eigenvalue weighted by Gasteiger charge is -1.96. The van der Waals surface area contributed by atoms with E-state index in [2.05, 4.69) is 30.4 Å². The summed E-state index contributed by atoms with van der Waals surface area (Å²) in [6.07, 6.45) is 4.94. The third-order valence-electron chi connectivity index (χ3n) is 1.87. The standard InChI is InChI=1S/C9H10N2/c1-2-8-3-4-9-5-6-10-11(9)7-8/h3-7H,2H2,1H3. The van der Waals surface area contributed by atoms with Crippen LogP contribution in [0.1, 0.15) is 12.5 Å². The molecule has 0 aliphatic heterocycles. The largest absolute Gasteiger partial charge is 0.241 e. The van der Waals surface area contributed by atoms with Crippen molar-refractivity contribution in [3.8, 4) is 0 Å². The molecule has 2 heterocycles. The summed E-state index contributed by atoms with van der Waals surface area (Å²) in [5.74, 6) is 0. The van der Waals surface area contributed by atoms with E-state index in [0.717, 1.165) is 11.9 Å². The van der Waals surface area contributed by atoms with Gasteiger partial charge in [0, 0.05) is 12.4 Å². The number of pyridine rings is 1. The van der Waals surface area contributed by atoms with Gasteiger partial charge >= 0.3 is 0 Å². The fourth-order valence-electron chi connectivity index (χ4n) is 1.17. The smallest absolute Gasteiger partial charge is 0.0661 e. The molecule has 2 rings (SSSR count). The summed E-state index contributed by atoms with van der Waals surface area (Å²) in [5.41, 5.74) is 2.48. The minimum absolute atomic E-state index is 1.07. The maximum atomic E-state index is 4.14. The van der Waals surface area contributed by atoms with Crippen LogP contribution < -0.4 is 0 Å². The second-order valence-corrected chi connectivity index (χ2v) is 2.59. The molecule has 0 saturated carbocycles. The second kappa shape index (κ2) is 2.38. The molecule has 0 fully saturated rings. The third-order valence-corrected chi connectivity index (χ3v) is 1.87. The third kappa shape index (κ3) is 1.00. The van der Waals surface area contributed by atoms with Crippen molar-refractivity contribution in [2.45, 2.75) is 13.3 Å². The lowest BCUT2D eigenvalue weighted by atomic mass is 10.2. The van der Waals surface area contributed by atoms with Gasteiger partial charge in [0.2, 0.25) is 0 Å². The molecule has 56 valence electrons. The van der Waals surface area contributed by atoms with E-state index in [1.54, 1.807) is 0 Å². The average Bonchev–Trinajstić information content (AvgIpc) is 2.50. The zero-order chi connectivity index (χ0) is 7.68. The molecule has 0 aromatic carbocycles. The summed E-state index contributed by atoms with van der Waals surface area (Å²) >= 11 is 0. The van der Waals surface area contributed by atoms with Crippen LogP contribution in [-0.2, 0) is 6.42 Å². The highest BCUT2D eigenvalue weighted by atomic mass is 15.2. The van der Waals surface area contributed by atoms with Crippen molar-refractivity contribution < 1.29 is 0 Å². The molecule has 0 aliphatic rings. The van der Waals surface area contributed by atoms with Crippen molar-refractivity contribution >= 4 is 5.52 Å². The SMILES string of the molecule is CCc1ccc2ccnn2c1. The highest BCUT2D eigenvalue weighted by Gasteiger charge is 1.92. The van der Waals surface area contributed by atoms with Gasteiger partial charge in [-0.05, 0) is 24.1 Å². The van der Waals surface area contributed by atoms with Crippen molar-refractivity contribution in [2.75, 3.05) is 0 Å². The normalized spacial score (nSPS) is 10.6. The fraction of sp³-hybridized carbons (Fsp3) is 0.222. The van der Waals surface area contributed by atoms with Gasteiger partial charge in [0.25, 0.3) is 0 Å². The van der Waals surface area contributed by atoms with E-state index in [-0.39, 0.29) is 0 Å². The van der Waals surface area contributed by atoms with Crippen LogP contribution >= 0.6 is 0 Å². The van der Waals surface area contributed by atoms with Gasteiger partial charge in [0.15, 0.2) is 0 Å². The molecule has 0 atom stereocenters. The van der Waals surface area contributed by atoms with Gasteiger partial charge in [-0.25, -0.2) is 4.52 Å². The summed E-state index contributed by atoms with van der Waals surface area (Å²) in [5, 5.41) is 4.14. The van der Waals surface area contributed by atoms with Gasteiger partial charge in [-0.2, -0.15) is 5.10 Å². The topological polar surface area (TPSA) is 17.3 Å². The molecule has 2 aromatic heterocycles. The number of hydrogen-bond acceptors (Lipinski definition) is 1. The molecule has 2 heteroatoms. The van der Waals surface area contributed by atoms with Gasteiger partial charge < -0.3 is 0 Å². The number of fused-ring (bicyclic) bond motifs is 1.